The van der Waals surface area contributed by atoms with E-state index >= 15 is 0 Å². The molecular weight excluding hydrogens is 234 g/mol. The molecule has 0 heterocycles. The highest BCUT2D eigenvalue weighted by molar-refractivity contribution is 6.18. The van der Waals surface area contributed by atoms with E-state index in [0.717, 1.165) is 24.7 Å². The molecule has 94 valence electrons. The molecule has 0 aromatic heterocycles. The van der Waals surface area contributed by atoms with E-state index < -0.39 is 0 Å². The van der Waals surface area contributed by atoms with E-state index in [1.54, 1.807) is 7.11 Å². The molecule has 2 rings (SSSR count). The molecule has 0 bridgehead atoms. The summed E-state index contributed by atoms with van der Waals surface area (Å²) in [7, 11) is 1.72. The highest BCUT2D eigenvalue weighted by atomic mass is 35.5. The van der Waals surface area contributed by atoms with E-state index in [1.165, 1.54) is 24.0 Å². The third-order valence-electron chi connectivity index (χ3n) is 3.49. The van der Waals surface area contributed by atoms with Crippen LogP contribution in [-0.2, 0) is 6.54 Å². The number of hydrogen-bond donors (Lipinski definition) is 1. The summed E-state index contributed by atoms with van der Waals surface area (Å²) in [6.07, 6.45) is 2.52. The lowest BCUT2D eigenvalue weighted by atomic mass is 10.1. The van der Waals surface area contributed by atoms with Gasteiger partial charge in [0.25, 0.3) is 0 Å². The number of halogens is 1. The van der Waals surface area contributed by atoms with E-state index in [-0.39, 0.29) is 0 Å². The molecule has 1 fully saturated rings. The fourth-order valence-corrected chi connectivity index (χ4v) is 2.40. The number of hydrogen-bond acceptors (Lipinski definition) is 2. The van der Waals surface area contributed by atoms with E-state index in [1.807, 2.05) is 6.07 Å². The first kappa shape index (κ1) is 12.7. The summed E-state index contributed by atoms with van der Waals surface area (Å²) in [6, 6.07) is 6.27. The predicted octanol–water partition coefficient (Wildman–Crippen LogP) is 3.11. The Bertz CT molecular complexity index is 388. The first-order valence-electron chi connectivity index (χ1n) is 6.09. The fraction of sp³-hybridized carbons (Fsp3) is 0.571. The summed E-state index contributed by atoms with van der Waals surface area (Å²) < 4.78 is 5.36. The minimum atomic E-state index is 0.374. The second-order valence-electron chi connectivity index (χ2n) is 5.05. The van der Waals surface area contributed by atoms with Crippen molar-refractivity contribution in [2.24, 2.45) is 5.41 Å². The molecule has 17 heavy (non-hydrogen) atoms. The van der Waals surface area contributed by atoms with Gasteiger partial charge in [0.1, 0.15) is 5.75 Å². The van der Waals surface area contributed by atoms with Gasteiger partial charge in [-0.1, -0.05) is 17.7 Å². The van der Waals surface area contributed by atoms with Crippen molar-refractivity contribution in [3.05, 3.63) is 29.3 Å². The van der Waals surface area contributed by atoms with Gasteiger partial charge >= 0.3 is 0 Å². The van der Waals surface area contributed by atoms with Gasteiger partial charge < -0.3 is 10.1 Å². The number of rotatable bonds is 6. The monoisotopic (exact) mass is 253 g/mol. The molecule has 0 atom stereocenters. The molecule has 1 N–H and O–H groups in total. The van der Waals surface area contributed by atoms with Crippen molar-refractivity contribution in [1.82, 2.24) is 5.32 Å². The molecule has 0 saturated heterocycles. The molecule has 0 amide bonds. The maximum Gasteiger partial charge on any atom is 0.123 e. The smallest absolute Gasteiger partial charge is 0.123 e. The molecule has 1 aliphatic rings. The first-order valence-corrected chi connectivity index (χ1v) is 6.63. The molecule has 2 nitrogen and oxygen atoms in total. The van der Waals surface area contributed by atoms with E-state index in [2.05, 4.69) is 24.4 Å². The third-order valence-corrected chi connectivity index (χ3v) is 4.06. The second kappa shape index (κ2) is 5.28. The van der Waals surface area contributed by atoms with Crippen molar-refractivity contribution in [2.75, 3.05) is 19.5 Å². The van der Waals surface area contributed by atoms with Crippen molar-refractivity contribution in [1.29, 1.82) is 0 Å². The summed E-state index contributed by atoms with van der Waals surface area (Å²) >= 11 is 5.96. The van der Waals surface area contributed by atoms with Crippen LogP contribution in [0, 0.1) is 12.3 Å². The number of nitrogens with one attached hydrogen (secondary N) is 1. The van der Waals surface area contributed by atoms with Gasteiger partial charge in [0, 0.05) is 24.5 Å². The zero-order valence-corrected chi connectivity index (χ0v) is 11.3. The molecule has 0 unspecified atom stereocenters. The van der Waals surface area contributed by atoms with Gasteiger partial charge in [-0.25, -0.2) is 0 Å². The van der Waals surface area contributed by atoms with Crippen molar-refractivity contribution in [3.63, 3.8) is 0 Å². The Morgan fingerprint density at radius 1 is 1.41 bits per heavy atom. The standard InChI is InChI=1S/C14H20ClNO/c1-11-3-4-13(17-2)12(7-11)8-16-10-14(9-15)5-6-14/h3-4,7,16H,5-6,8-10H2,1-2H3. The minimum absolute atomic E-state index is 0.374. The van der Waals surface area contributed by atoms with E-state index in [9.17, 15) is 0 Å². The van der Waals surface area contributed by atoms with Crippen LogP contribution in [-0.4, -0.2) is 19.5 Å². The Morgan fingerprint density at radius 2 is 2.18 bits per heavy atom. The van der Waals surface area contributed by atoms with Crippen LogP contribution in [0.3, 0.4) is 0 Å². The van der Waals surface area contributed by atoms with Crippen molar-refractivity contribution in [3.8, 4) is 5.75 Å². The molecule has 1 aliphatic carbocycles. The Morgan fingerprint density at radius 3 is 2.76 bits per heavy atom. The number of alkyl halides is 1. The average Bonchev–Trinajstić information content (AvgIpc) is 3.10. The van der Waals surface area contributed by atoms with Crippen LogP contribution in [0.2, 0.25) is 0 Å². The minimum Gasteiger partial charge on any atom is -0.496 e. The maximum atomic E-state index is 5.96. The van der Waals surface area contributed by atoms with E-state index in [4.69, 9.17) is 16.3 Å². The molecule has 0 spiro atoms. The van der Waals surface area contributed by atoms with Gasteiger partial charge in [0.2, 0.25) is 0 Å². The highest BCUT2D eigenvalue weighted by Crippen LogP contribution is 2.45. The van der Waals surface area contributed by atoms with Gasteiger partial charge in [-0.2, -0.15) is 0 Å². The normalized spacial score (nSPS) is 16.9. The number of benzene rings is 1. The molecule has 3 heteroatoms. The fourth-order valence-electron chi connectivity index (χ4n) is 2.04. The zero-order valence-electron chi connectivity index (χ0n) is 10.6. The van der Waals surface area contributed by atoms with Crippen LogP contribution in [0.15, 0.2) is 18.2 Å². The first-order chi connectivity index (χ1) is 8.19. The third kappa shape index (κ3) is 3.14. The van der Waals surface area contributed by atoms with Crippen LogP contribution in [0.5, 0.6) is 5.75 Å². The van der Waals surface area contributed by atoms with Gasteiger partial charge in [-0.05, 0) is 31.2 Å². The topological polar surface area (TPSA) is 21.3 Å². The summed E-state index contributed by atoms with van der Waals surface area (Å²) in [5, 5.41) is 3.49. The molecule has 0 aliphatic heterocycles. The lowest BCUT2D eigenvalue weighted by Gasteiger charge is -2.14. The average molecular weight is 254 g/mol. The maximum absolute atomic E-state index is 5.96. The number of methoxy groups -OCH3 is 1. The second-order valence-corrected chi connectivity index (χ2v) is 5.32. The van der Waals surface area contributed by atoms with Crippen LogP contribution in [0.4, 0.5) is 0 Å². The zero-order chi connectivity index (χ0) is 12.3. The van der Waals surface area contributed by atoms with Crippen LogP contribution < -0.4 is 10.1 Å². The summed E-state index contributed by atoms with van der Waals surface area (Å²) in [5.41, 5.74) is 2.86. The Balaban J connectivity index is 1.91. The Kier molecular flexibility index (Phi) is 3.95. The van der Waals surface area contributed by atoms with Crippen LogP contribution >= 0.6 is 11.6 Å². The van der Waals surface area contributed by atoms with Crippen LogP contribution in [0.25, 0.3) is 0 Å². The lowest BCUT2D eigenvalue weighted by molar-refractivity contribution is 0.405. The lowest BCUT2D eigenvalue weighted by Crippen LogP contribution is -2.24. The molecule has 0 radical (unpaired) electrons. The number of ether oxygens (including phenoxy) is 1. The van der Waals surface area contributed by atoms with Crippen molar-refractivity contribution in [2.45, 2.75) is 26.3 Å². The largest absolute Gasteiger partial charge is 0.496 e. The Labute approximate surface area is 108 Å². The molecular formula is C14H20ClNO. The quantitative estimate of drug-likeness (QED) is 0.787. The summed E-state index contributed by atoms with van der Waals surface area (Å²) in [4.78, 5) is 0. The van der Waals surface area contributed by atoms with Crippen LogP contribution in [0.1, 0.15) is 24.0 Å². The Hall–Kier alpha value is -0.730. The van der Waals surface area contributed by atoms with Crippen molar-refractivity contribution < 1.29 is 4.74 Å². The van der Waals surface area contributed by atoms with Gasteiger partial charge in [-0.15, -0.1) is 11.6 Å². The summed E-state index contributed by atoms with van der Waals surface area (Å²) in [6.45, 7) is 3.96. The molecule has 1 aromatic carbocycles. The van der Waals surface area contributed by atoms with Gasteiger partial charge in [0.05, 0.1) is 7.11 Å². The van der Waals surface area contributed by atoms with Crippen molar-refractivity contribution >= 4 is 11.6 Å². The van der Waals surface area contributed by atoms with Gasteiger partial charge in [-0.3, -0.25) is 0 Å². The summed E-state index contributed by atoms with van der Waals surface area (Å²) in [5.74, 6) is 1.73. The predicted molar refractivity (Wildman–Crippen MR) is 71.8 cm³/mol. The van der Waals surface area contributed by atoms with Gasteiger partial charge in [0.15, 0.2) is 0 Å². The van der Waals surface area contributed by atoms with E-state index in [0.29, 0.717) is 5.41 Å². The highest BCUT2D eigenvalue weighted by Gasteiger charge is 2.41. The molecule has 1 aromatic rings. The number of aryl methyl sites for hydroxylation is 1. The molecule has 1 saturated carbocycles. The SMILES string of the molecule is COc1ccc(C)cc1CNCC1(CCl)CC1.